The molecule has 0 saturated heterocycles. The van der Waals surface area contributed by atoms with Crippen LogP contribution in [0.4, 0.5) is 0 Å². The van der Waals surface area contributed by atoms with E-state index in [0.717, 1.165) is 38.5 Å². The van der Waals surface area contributed by atoms with E-state index in [1.165, 1.54) is 32.1 Å². The molecule has 1 atom stereocenters. The van der Waals surface area contributed by atoms with E-state index in [1.807, 2.05) is 6.92 Å². The molecule has 0 aliphatic carbocycles. The SMILES string of the molecule is CCCCCC/C=C\CCCCCCCC(=O)OC(COC(=O)CCCC)COP(=O)(O)O. The zero-order valence-electron chi connectivity index (χ0n) is 20.5. The fourth-order valence-corrected chi connectivity index (χ4v) is 3.47. The van der Waals surface area contributed by atoms with Gasteiger partial charge in [-0.3, -0.25) is 14.1 Å². The topological polar surface area (TPSA) is 119 Å². The molecule has 8 nitrogen and oxygen atoms in total. The van der Waals surface area contributed by atoms with Crippen molar-refractivity contribution >= 4 is 19.8 Å². The molecule has 194 valence electrons. The Hall–Kier alpha value is -1.21. The molecule has 0 fully saturated rings. The van der Waals surface area contributed by atoms with Crippen LogP contribution in [0.3, 0.4) is 0 Å². The van der Waals surface area contributed by atoms with Gasteiger partial charge in [-0.15, -0.1) is 0 Å². The van der Waals surface area contributed by atoms with E-state index >= 15 is 0 Å². The van der Waals surface area contributed by atoms with Gasteiger partial charge in [-0.2, -0.15) is 0 Å². The first-order chi connectivity index (χ1) is 15.8. The summed E-state index contributed by atoms with van der Waals surface area (Å²) in [7, 11) is -4.72. The number of hydrogen-bond donors (Lipinski definition) is 2. The third kappa shape index (κ3) is 23.7. The number of carbonyl (C=O) groups is 2. The molecule has 0 aliphatic heterocycles. The second-order valence-corrected chi connectivity index (χ2v) is 9.55. The Kier molecular flexibility index (Phi) is 20.5. The normalized spacial score (nSPS) is 12.7. The summed E-state index contributed by atoms with van der Waals surface area (Å²) in [6.07, 6.45) is 17.7. The Labute approximate surface area is 199 Å². The van der Waals surface area contributed by atoms with Crippen molar-refractivity contribution in [3.05, 3.63) is 12.2 Å². The lowest BCUT2D eigenvalue weighted by atomic mass is 10.1. The summed E-state index contributed by atoms with van der Waals surface area (Å²) < 4.78 is 25.6. The molecule has 0 rings (SSSR count). The van der Waals surface area contributed by atoms with Crippen LogP contribution in [0.2, 0.25) is 0 Å². The molecule has 0 aromatic carbocycles. The van der Waals surface area contributed by atoms with Gasteiger partial charge in [0.25, 0.3) is 0 Å². The van der Waals surface area contributed by atoms with E-state index in [0.29, 0.717) is 12.8 Å². The van der Waals surface area contributed by atoms with Gasteiger partial charge in [0.15, 0.2) is 6.10 Å². The maximum absolute atomic E-state index is 12.1. The number of carbonyl (C=O) groups excluding carboxylic acids is 2. The molecule has 2 N–H and O–H groups in total. The van der Waals surface area contributed by atoms with Crippen molar-refractivity contribution in [2.24, 2.45) is 0 Å². The molecule has 0 spiro atoms. The second kappa shape index (κ2) is 21.3. The number of hydrogen-bond acceptors (Lipinski definition) is 6. The van der Waals surface area contributed by atoms with Gasteiger partial charge in [0, 0.05) is 12.8 Å². The highest BCUT2D eigenvalue weighted by Crippen LogP contribution is 2.35. The van der Waals surface area contributed by atoms with Crippen molar-refractivity contribution in [3.63, 3.8) is 0 Å². The van der Waals surface area contributed by atoms with Crippen LogP contribution in [-0.2, 0) is 28.2 Å². The van der Waals surface area contributed by atoms with Crippen LogP contribution in [0.25, 0.3) is 0 Å². The number of unbranched alkanes of at least 4 members (excludes halogenated alkanes) is 10. The molecule has 0 aliphatic rings. The summed E-state index contributed by atoms with van der Waals surface area (Å²) in [6, 6.07) is 0. The van der Waals surface area contributed by atoms with Gasteiger partial charge >= 0.3 is 19.8 Å². The molecular weight excluding hydrogens is 447 g/mol. The molecule has 0 aromatic rings. The van der Waals surface area contributed by atoms with E-state index in [2.05, 4.69) is 23.6 Å². The predicted octanol–water partition coefficient (Wildman–Crippen LogP) is 6.00. The Bertz CT molecular complexity index is 573. The fourth-order valence-electron chi connectivity index (χ4n) is 3.11. The second-order valence-electron chi connectivity index (χ2n) is 8.31. The number of ether oxygens (including phenoxy) is 2. The van der Waals surface area contributed by atoms with Crippen molar-refractivity contribution in [2.75, 3.05) is 13.2 Å². The Morgan fingerprint density at radius 2 is 1.30 bits per heavy atom. The molecule has 0 radical (unpaired) electrons. The number of phosphoric acid groups is 1. The van der Waals surface area contributed by atoms with Crippen LogP contribution in [0.15, 0.2) is 12.2 Å². The highest BCUT2D eigenvalue weighted by Gasteiger charge is 2.22. The number of allylic oxidation sites excluding steroid dienone is 2. The van der Waals surface area contributed by atoms with Crippen molar-refractivity contribution in [3.8, 4) is 0 Å². The molecule has 1 unspecified atom stereocenters. The van der Waals surface area contributed by atoms with Crippen molar-refractivity contribution in [2.45, 2.75) is 116 Å². The molecule has 9 heteroatoms. The lowest BCUT2D eigenvalue weighted by Gasteiger charge is -2.18. The average Bonchev–Trinajstić information content (AvgIpc) is 2.76. The maximum atomic E-state index is 12.1. The van der Waals surface area contributed by atoms with Crippen molar-refractivity contribution in [1.82, 2.24) is 0 Å². The number of phosphoric ester groups is 1. The lowest BCUT2D eigenvalue weighted by molar-refractivity contribution is -0.161. The van der Waals surface area contributed by atoms with Gasteiger partial charge in [0.05, 0.1) is 6.61 Å². The summed E-state index contributed by atoms with van der Waals surface area (Å²) in [5.74, 6) is -0.939. The summed E-state index contributed by atoms with van der Waals surface area (Å²) in [6.45, 7) is 3.33. The molecule has 33 heavy (non-hydrogen) atoms. The van der Waals surface area contributed by atoms with E-state index in [4.69, 9.17) is 19.3 Å². The van der Waals surface area contributed by atoms with E-state index in [1.54, 1.807) is 0 Å². The van der Waals surface area contributed by atoms with Gasteiger partial charge in [-0.1, -0.05) is 70.9 Å². The molecular formula is C24H45O8P. The summed E-state index contributed by atoms with van der Waals surface area (Å²) in [5, 5.41) is 0. The molecule has 0 bridgehead atoms. The quantitative estimate of drug-likeness (QED) is 0.0817. The molecule has 0 heterocycles. The highest BCUT2D eigenvalue weighted by molar-refractivity contribution is 7.46. The summed E-state index contributed by atoms with van der Waals surface area (Å²) in [4.78, 5) is 41.4. The number of rotatable bonds is 22. The van der Waals surface area contributed by atoms with Gasteiger partial charge in [0.2, 0.25) is 0 Å². The predicted molar refractivity (Wildman–Crippen MR) is 129 cm³/mol. The summed E-state index contributed by atoms with van der Waals surface area (Å²) >= 11 is 0. The third-order valence-electron chi connectivity index (χ3n) is 5.03. The van der Waals surface area contributed by atoms with Crippen LogP contribution in [0.5, 0.6) is 0 Å². The van der Waals surface area contributed by atoms with Gasteiger partial charge in [-0.25, -0.2) is 4.57 Å². The number of esters is 2. The van der Waals surface area contributed by atoms with Gasteiger partial charge in [-0.05, 0) is 38.5 Å². The first-order valence-corrected chi connectivity index (χ1v) is 14.0. The minimum Gasteiger partial charge on any atom is -0.462 e. The monoisotopic (exact) mass is 492 g/mol. The Morgan fingerprint density at radius 1 is 0.758 bits per heavy atom. The van der Waals surface area contributed by atoms with Gasteiger partial charge < -0.3 is 19.3 Å². The van der Waals surface area contributed by atoms with E-state index in [9.17, 15) is 14.2 Å². The fraction of sp³-hybridized carbons (Fsp3) is 0.833. The largest absolute Gasteiger partial charge is 0.469 e. The van der Waals surface area contributed by atoms with E-state index < -0.39 is 32.5 Å². The minimum absolute atomic E-state index is 0.202. The van der Waals surface area contributed by atoms with E-state index in [-0.39, 0.29) is 19.4 Å². The maximum Gasteiger partial charge on any atom is 0.469 e. The molecule has 0 saturated carbocycles. The highest BCUT2D eigenvalue weighted by atomic mass is 31.2. The first kappa shape index (κ1) is 31.8. The first-order valence-electron chi connectivity index (χ1n) is 12.5. The Balaban J connectivity index is 3.99. The average molecular weight is 493 g/mol. The zero-order valence-corrected chi connectivity index (χ0v) is 21.4. The third-order valence-corrected chi connectivity index (χ3v) is 5.52. The van der Waals surface area contributed by atoms with Crippen LogP contribution in [0, 0.1) is 0 Å². The van der Waals surface area contributed by atoms with Crippen LogP contribution in [0.1, 0.15) is 110 Å². The Morgan fingerprint density at radius 3 is 1.91 bits per heavy atom. The van der Waals surface area contributed by atoms with Crippen molar-refractivity contribution < 1.29 is 37.9 Å². The smallest absolute Gasteiger partial charge is 0.462 e. The minimum atomic E-state index is -4.72. The summed E-state index contributed by atoms with van der Waals surface area (Å²) in [5.41, 5.74) is 0. The van der Waals surface area contributed by atoms with Crippen molar-refractivity contribution in [1.29, 1.82) is 0 Å². The molecule has 0 aromatic heterocycles. The lowest BCUT2D eigenvalue weighted by Crippen LogP contribution is -2.29. The standard InChI is InChI=1S/C24H45O8P/c1-3-5-7-8-9-10-11-12-13-14-15-16-17-19-24(26)32-22(21-31-33(27,28)29)20-30-23(25)18-6-4-2/h10-11,22H,3-9,12-21H2,1-2H3,(H2,27,28,29)/b11-10-. The van der Waals surface area contributed by atoms with Crippen LogP contribution in [-0.4, -0.2) is 41.0 Å². The van der Waals surface area contributed by atoms with Crippen LogP contribution >= 0.6 is 7.82 Å². The zero-order chi connectivity index (χ0) is 24.8. The van der Waals surface area contributed by atoms with Gasteiger partial charge in [0.1, 0.15) is 6.61 Å². The van der Waals surface area contributed by atoms with Crippen LogP contribution < -0.4 is 0 Å². The molecule has 0 amide bonds.